The van der Waals surface area contributed by atoms with Crippen LogP contribution in [-0.2, 0) is 45.2 Å². The lowest BCUT2D eigenvalue weighted by Crippen LogP contribution is -2.63. The van der Waals surface area contributed by atoms with Gasteiger partial charge in [0.15, 0.2) is 0 Å². The van der Waals surface area contributed by atoms with Gasteiger partial charge in [0.1, 0.15) is 36.2 Å². The Morgan fingerprint density at radius 3 is 1.83 bits per heavy atom. The molecule has 5 atom stereocenters. The minimum absolute atomic E-state index is 0.00370. The third-order valence-electron chi connectivity index (χ3n) is 9.63. The summed E-state index contributed by atoms with van der Waals surface area (Å²) in [7, 11) is 1.48. The Kier molecular flexibility index (Phi) is 16.7. The maximum absolute atomic E-state index is 14.3. The molecule has 0 saturated carbocycles. The molecule has 0 spiro atoms. The number of nitrogens with one attached hydrogen (secondary N) is 5. The molecule has 0 aliphatic heterocycles. The van der Waals surface area contributed by atoms with Crippen LogP contribution in [0.4, 0.5) is 4.79 Å². The highest BCUT2D eigenvalue weighted by molar-refractivity contribution is 5.91. The molecule has 13 heteroatoms. The van der Waals surface area contributed by atoms with Gasteiger partial charge < -0.3 is 41.0 Å². The number of alkyl carbamates (subject to hydrolysis) is 1. The fraction of sp³-hybridized carbons (Fsp3) is 0.378. The van der Waals surface area contributed by atoms with Crippen LogP contribution in [0.15, 0.2) is 109 Å². The van der Waals surface area contributed by atoms with Crippen molar-refractivity contribution < 1.29 is 38.9 Å². The highest BCUT2D eigenvalue weighted by Gasteiger charge is 2.39. The molecule has 58 heavy (non-hydrogen) atoms. The van der Waals surface area contributed by atoms with E-state index in [0.29, 0.717) is 11.3 Å². The van der Waals surface area contributed by atoms with Crippen LogP contribution in [0, 0.1) is 11.3 Å². The molecule has 310 valence electrons. The van der Waals surface area contributed by atoms with E-state index in [1.807, 2.05) is 91.0 Å². The molecule has 4 rings (SSSR count). The van der Waals surface area contributed by atoms with Crippen LogP contribution in [0.5, 0.6) is 11.5 Å². The smallest absolute Gasteiger partial charge is 0.408 e. The van der Waals surface area contributed by atoms with Crippen LogP contribution in [0.25, 0.3) is 0 Å². The lowest BCUT2D eigenvalue weighted by molar-refractivity contribution is -0.134. The zero-order valence-electron chi connectivity index (χ0n) is 34.0. The number of rotatable bonds is 19. The Bertz CT molecular complexity index is 1920. The van der Waals surface area contributed by atoms with Crippen molar-refractivity contribution in [2.24, 2.45) is 11.3 Å². The van der Waals surface area contributed by atoms with Gasteiger partial charge in [0.05, 0.1) is 19.3 Å². The van der Waals surface area contributed by atoms with Crippen LogP contribution in [0.2, 0.25) is 0 Å². The van der Waals surface area contributed by atoms with Gasteiger partial charge in [-0.15, -0.1) is 0 Å². The number of methoxy groups -OCH3 is 1. The summed E-state index contributed by atoms with van der Waals surface area (Å²) in [5.74, 6) is -1.74. The average Bonchev–Trinajstić information content (AvgIpc) is 3.20. The van der Waals surface area contributed by atoms with Gasteiger partial charge in [0, 0.05) is 24.7 Å². The Hall–Kier alpha value is -5.92. The van der Waals surface area contributed by atoms with E-state index in [9.17, 15) is 29.4 Å². The van der Waals surface area contributed by atoms with Crippen molar-refractivity contribution in [3.8, 4) is 11.5 Å². The van der Waals surface area contributed by atoms with Crippen molar-refractivity contribution in [3.05, 3.63) is 131 Å². The number of phenols is 1. The zero-order valence-corrected chi connectivity index (χ0v) is 34.0. The second-order valence-electron chi connectivity index (χ2n) is 15.6. The normalized spacial score (nSPS) is 13.9. The van der Waals surface area contributed by atoms with Gasteiger partial charge in [-0.25, -0.2) is 4.79 Å². The van der Waals surface area contributed by atoms with Gasteiger partial charge in [0.25, 0.3) is 0 Å². The number of carbonyl (C=O) groups excluding carboxylic acids is 4. The fourth-order valence-corrected chi connectivity index (χ4v) is 6.26. The van der Waals surface area contributed by atoms with Gasteiger partial charge >= 0.3 is 6.09 Å². The summed E-state index contributed by atoms with van der Waals surface area (Å²) in [6, 6.07) is 27.9. The first-order valence-electron chi connectivity index (χ1n) is 19.4. The zero-order chi connectivity index (χ0) is 42.2. The number of aromatic hydroxyl groups is 1. The first kappa shape index (κ1) is 44.8. The minimum atomic E-state index is -1.54. The molecule has 0 heterocycles. The number of amides is 4. The second-order valence-corrected chi connectivity index (χ2v) is 15.6. The lowest BCUT2D eigenvalue weighted by atomic mass is 9.85. The van der Waals surface area contributed by atoms with Crippen LogP contribution >= 0.6 is 0 Å². The third kappa shape index (κ3) is 13.6. The predicted octanol–water partition coefficient (Wildman–Crippen LogP) is 4.75. The van der Waals surface area contributed by atoms with Crippen molar-refractivity contribution in [2.75, 3.05) is 7.11 Å². The van der Waals surface area contributed by atoms with Crippen LogP contribution in [0.3, 0.4) is 0 Å². The van der Waals surface area contributed by atoms with Gasteiger partial charge in [-0.1, -0.05) is 126 Å². The highest BCUT2D eigenvalue weighted by atomic mass is 16.5. The van der Waals surface area contributed by atoms with E-state index in [-0.39, 0.29) is 37.8 Å². The first-order valence-corrected chi connectivity index (χ1v) is 19.4. The number of phenolic OH excluding ortho intramolecular Hbond substituents is 1. The summed E-state index contributed by atoms with van der Waals surface area (Å²) >= 11 is 0. The predicted molar refractivity (Wildman–Crippen MR) is 221 cm³/mol. The van der Waals surface area contributed by atoms with E-state index in [1.165, 1.54) is 13.2 Å². The van der Waals surface area contributed by atoms with Gasteiger partial charge in [-0.05, 0) is 46.6 Å². The standard InChI is InChI=1S/C45H57N5O8/c1-29(2)37(41(53)47-27-33-22-23-34(57-6)25-36(33)51)49-42(54)38(46-26-31-18-12-8-13-19-31)39(52)35(24-30-16-10-7-11-17-30)48-43(55)40(45(3,4)5)50-44(56)58-28-32-20-14-9-15-21-32/h7-23,25,29,35,37-40,46,51-52H,24,26-28H2,1-6H3,(H,47,53)(H,48,55)(H,49,54)(H,50,56)/t35-,37-,38+,39-,40+/m0/s1. The van der Waals surface area contributed by atoms with Crippen LogP contribution in [0.1, 0.15) is 56.9 Å². The number of aliphatic hydroxyl groups is 1. The summed E-state index contributed by atoms with van der Waals surface area (Å²) in [6.07, 6.45) is -2.20. The van der Waals surface area contributed by atoms with E-state index < -0.39 is 59.5 Å². The molecular weight excluding hydrogens is 739 g/mol. The molecule has 0 fully saturated rings. The monoisotopic (exact) mass is 795 g/mol. The van der Waals surface area contributed by atoms with E-state index in [2.05, 4.69) is 26.6 Å². The third-order valence-corrected chi connectivity index (χ3v) is 9.63. The molecule has 4 amide bonds. The van der Waals surface area contributed by atoms with Crippen molar-refractivity contribution in [3.63, 3.8) is 0 Å². The minimum Gasteiger partial charge on any atom is -0.507 e. The molecule has 0 aromatic heterocycles. The van der Waals surface area contributed by atoms with E-state index in [1.54, 1.807) is 46.8 Å². The Balaban J connectivity index is 1.59. The Labute approximate surface area is 340 Å². The Morgan fingerprint density at radius 1 is 0.690 bits per heavy atom. The van der Waals surface area contributed by atoms with Crippen molar-refractivity contribution >= 4 is 23.8 Å². The molecule has 0 unspecified atom stereocenters. The number of hydrogen-bond donors (Lipinski definition) is 7. The van der Waals surface area contributed by atoms with E-state index >= 15 is 0 Å². The number of benzene rings is 4. The first-order chi connectivity index (χ1) is 27.7. The Morgan fingerprint density at radius 2 is 1.28 bits per heavy atom. The average molecular weight is 796 g/mol. The molecule has 7 N–H and O–H groups in total. The SMILES string of the molecule is COc1ccc(CNC(=O)[C@@H](NC(=O)[C@H](NCc2ccccc2)[C@@H](O)[C@H](Cc2ccccc2)NC(=O)[C@@H](NC(=O)OCc2ccccc2)C(C)(C)C)C(C)C)c(O)c1. The molecular formula is C45H57N5O8. The van der Waals surface area contributed by atoms with Gasteiger partial charge in [-0.3, -0.25) is 19.7 Å². The second kappa shape index (κ2) is 21.6. The van der Waals surface area contributed by atoms with E-state index in [0.717, 1.165) is 16.7 Å². The summed E-state index contributed by atoms with van der Waals surface area (Å²) in [4.78, 5) is 55.1. The number of hydrogen-bond acceptors (Lipinski definition) is 9. The summed E-state index contributed by atoms with van der Waals surface area (Å²) in [5, 5.41) is 37.1. The maximum atomic E-state index is 14.3. The van der Waals surface area contributed by atoms with Gasteiger partial charge in [-0.2, -0.15) is 0 Å². The van der Waals surface area contributed by atoms with Gasteiger partial charge in [0.2, 0.25) is 17.7 Å². The number of ether oxygens (including phenoxy) is 2. The van der Waals surface area contributed by atoms with E-state index in [4.69, 9.17) is 9.47 Å². The largest absolute Gasteiger partial charge is 0.507 e. The number of aliphatic hydroxyl groups excluding tert-OH is 1. The quantitative estimate of drug-likeness (QED) is 0.0704. The molecule has 4 aromatic carbocycles. The lowest BCUT2D eigenvalue weighted by Gasteiger charge is -2.35. The summed E-state index contributed by atoms with van der Waals surface area (Å²) < 4.78 is 10.6. The summed E-state index contributed by atoms with van der Waals surface area (Å²) in [6.45, 7) is 9.11. The van der Waals surface area contributed by atoms with Crippen molar-refractivity contribution in [1.82, 2.24) is 26.6 Å². The highest BCUT2D eigenvalue weighted by Crippen LogP contribution is 2.24. The number of carbonyl (C=O) groups is 4. The van der Waals surface area contributed by atoms with Crippen molar-refractivity contribution in [2.45, 2.75) is 91.0 Å². The topological polar surface area (TPSA) is 187 Å². The summed E-state index contributed by atoms with van der Waals surface area (Å²) in [5.41, 5.74) is 2.05. The molecule has 13 nitrogen and oxygen atoms in total. The van der Waals surface area contributed by atoms with Crippen molar-refractivity contribution in [1.29, 1.82) is 0 Å². The molecule has 0 aliphatic rings. The molecule has 0 bridgehead atoms. The molecule has 4 aromatic rings. The van der Waals surface area contributed by atoms with Crippen LogP contribution in [-0.4, -0.2) is 71.4 Å². The van der Waals surface area contributed by atoms with Crippen LogP contribution < -0.4 is 31.3 Å². The molecule has 0 saturated heterocycles. The maximum Gasteiger partial charge on any atom is 0.408 e. The fourth-order valence-electron chi connectivity index (χ4n) is 6.26. The molecule has 0 aliphatic carbocycles. The molecule has 0 radical (unpaired) electrons.